The van der Waals surface area contributed by atoms with Crippen LogP contribution in [0, 0.1) is 5.82 Å². The van der Waals surface area contributed by atoms with Gasteiger partial charge in [-0.1, -0.05) is 12.1 Å². The molecule has 7 heteroatoms. The normalized spacial score (nSPS) is 15.7. The zero-order valence-corrected chi connectivity index (χ0v) is 16.4. The zero-order chi connectivity index (χ0) is 21.3. The summed E-state index contributed by atoms with van der Waals surface area (Å²) in [5.41, 5.74) is 3.51. The molecule has 1 aliphatic rings. The highest BCUT2D eigenvalue weighted by atomic mass is 19.1. The largest absolute Gasteiger partial charge is 0.508 e. The van der Waals surface area contributed by atoms with Crippen molar-refractivity contribution >= 4 is 22.8 Å². The first-order valence-corrected chi connectivity index (χ1v) is 9.99. The van der Waals surface area contributed by atoms with E-state index in [1.54, 1.807) is 34.9 Å². The highest BCUT2D eigenvalue weighted by molar-refractivity contribution is 5.87. The van der Waals surface area contributed by atoms with Gasteiger partial charge in [0, 0.05) is 29.1 Å². The van der Waals surface area contributed by atoms with Crippen LogP contribution in [-0.4, -0.2) is 32.7 Å². The number of phenolic OH excluding ortho intramolecular Hbond substituents is 1. The molecule has 0 saturated carbocycles. The van der Waals surface area contributed by atoms with Gasteiger partial charge in [-0.05, 0) is 67.1 Å². The standard InChI is InChI=1S/C23H23FN2O4/c24-15-4-8-20-18(11-15)19-12-16(5-9-21(19)26(20)13-23(29)30)25-22(28)10-3-14-1-6-17(27)7-2-14/h1-2,4,6-8,11,16,27H,3,5,9-10,12-13H2,(H,25,28)(H,29,30)/t16-/m0/s1. The maximum Gasteiger partial charge on any atom is 0.323 e. The molecular weight excluding hydrogens is 387 g/mol. The number of carbonyl (C=O) groups is 2. The van der Waals surface area contributed by atoms with Crippen LogP contribution >= 0.6 is 0 Å². The summed E-state index contributed by atoms with van der Waals surface area (Å²) >= 11 is 0. The van der Waals surface area contributed by atoms with Gasteiger partial charge in [-0.15, -0.1) is 0 Å². The quantitative estimate of drug-likeness (QED) is 0.582. The van der Waals surface area contributed by atoms with E-state index in [2.05, 4.69) is 5.32 Å². The van der Waals surface area contributed by atoms with E-state index in [0.717, 1.165) is 16.8 Å². The second-order valence-electron chi connectivity index (χ2n) is 7.74. The van der Waals surface area contributed by atoms with Crippen LogP contribution in [0.3, 0.4) is 0 Å². The van der Waals surface area contributed by atoms with Gasteiger partial charge in [0.25, 0.3) is 0 Å². The Hall–Kier alpha value is -3.35. The van der Waals surface area contributed by atoms with E-state index in [-0.39, 0.29) is 30.1 Å². The minimum absolute atomic E-state index is 0.0584. The Morgan fingerprint density at radius 2 is 1.93 bits per heavy atom. The summed E-state index contributed by atoms with van der Waals surface area (Å²) in [5, 5.41) is 22.4. The monoisotopic (exact) mass is 410 g/mol. The highest BCUT2D eigenvalue weighted by Gasteiger charge is 2.27. The molecule has 6 nitrogen and oxygen atoms in total. The third-order valence-corrected chi connectivity index (χ3v) is 5.66. The Labute approximate surface area is 172 Å². The number of carboxylic acid groups (broad SMARTS) is 1. The van der Waals surface area contributed by atoms with E-state index in [1.807, 2.05) is 0 Å². The molecule has 0 saturated heterocycles. The number of amides is 1. The average molecular weight is 410 g/mol. The first-order valence-electron chi connectivity index (χ1n) is 9.99. The smallest absolute Gasteiger partial charge is 0.323 e. The van der Waals surface area contributed by atoms with Crippen molar-refractivity contribution in [2.45, 2.75) is 44.7 Å². The molecular formula is C23H23FN2O4. The summed E-state index contributed by atoms with van der Waals surface area (Å²) in [6.45, 7) is -0.166. The predicted molar refractivity (Wildman–Crippen MR) is 110 cm³/mol. The van der Waals surface area contributed by atoms with Crippen LogP contribution < -0.4 is 5.32 Å². The van der Waals surface area contributed by atoms with Crippen LogP contribution in [-0.2, 0) is 35.4 Å². The summed E-state index contributed by atoms with van der Waals surface area (Å²) in [6, 6.07) is 11.1. The van der Waals surface area contributed by atoms with Gasteiger partial charge in [-0.2, -0.15) is 0 Å². The molecule has 0 unspecified atom stereocenters. The molecule has 4 rings (SSSR count). The van der Waals surface area contributed by atoms with Crippen LogP contribution in [0.5, 0.6) is 5.75 Å². The summed E-state index contributed by atoms with van der Waals surface area (Å²) in [7, 11) is 0. The van der Waals surface area contributed by atoms with Crippen molar-refractivity contribution in [3.8, 4) is 5.75 Å². The number of aryl methyl sites for hydroxylation is 1. The van der Waals surface area contributed by atoms with Crippen LogP contribution in [0.1, 0.15) is 29.7 Å². The molecule has 30 heavy (non-hydrogen) atoms. The number of benzene rings is 2. The molecule has 1 aliphatic carbocycles. The number of aromatic nitrogens is 1. The lowest BCUT2D eigenvalue weighted by Crippen LogP contribution is -2.39. The maximum absolute atomic E-state index is 13.9. The Bertz CT molecular complexity index is 1100. The Balaban J connectivity index is 1.48. The molecule has 0 aliphatic heterocycles. The lowest BCUT2D eigenvalue weighted by Gasteiger charge is -2.25. The highest BCUT2D eigenvalue weighted by Crippen LogP contribution is 2.33. The van der Waals surface area contributed by atoms with E-state index in [0.29, 0.717) is 43.0 Å². The van der Waals surface area contributed by atoms with Crippen molar-refractivity contribution in [2.75, 3.05) is 0 Å². The molecule has 0 radical (unpaired) electrons. The Morgan fingerprint density at radius 3 is 2.67 bits per heavy atom. The molecule has 1 atom stereocenters. The van der Waals surface area contributed by atoms with Crippen LogP contribution in [0.25, 0.3) is 10.9 Å². The summed E-state index contributed by atoms with van der Waals surface area (Å²) in [4.78, 5) is 23.7. The van der Waals surface area contributed by atoms with Crippen molar-refractivity contribution in [1.82, 2.24) is 9.88 Å². The van der Waals surface area contributed by atoms with Crippen LogP contribution in [0.2, 0.25) is 0 Å². The molecule has 1 aromatic heterocycles. The first-order chi connectivity index (χ1) is 14.4. The van der Waals surface area contributed by atoms with Crippen molar-refractivity contribution in [1.29, 1.82) is 0 Å². The fraction of sp³-hybridized carbons (Fsp3) is 0.304. The number of nitrogens with zero attached hydrogens (tertiary/aromatic N) is 1. The molecule has 1 heterocycles. The summed E-state index contributed by atoms with van der Waals surface area (Å²) in [6.07, 6.45) is 2.79. The van der Waals surface area contributed by atoms with Gasteiger partial charge in [0.05, 0.1) is 0 Å². The number of hydrogen-bond donors (Lipinski definition) is 3. The van der Waals surface area contributed by atoms with Gasteiger partial charge in [0.2, 0.25) is 5.91 Å². The van der Waals surface area contributed by atoms with E-state index >= 15 is 0 Å². The number of rotatable bonds is 6. The van der Waals surface area contributed by atoms with Crippen LogP contribution in [0.4, 0.5) is 4.39 Å². The lowest BCUT2D eigenvalue weighted by molar-refractivity contribution is -0.137. The van der Waals surface area contributed by atoms with Gasteiger partial charge in [0.1, 0.15) is 18.1 Å². The number of phenols is 1. The number of aromatic hydroxyl groups is 1. The molecule has 1 amide bonds. The van der Waals surface area contributed by atoms with Gasteiger partial charge < -0.3 is 20.1 Å². The number of hydrogen-bond acceptors (Lipinski definition) is 3. The third kappa shape index (κ3) is 4.15. The molecule has 3 aromatic rings. The number of carboxylic acids is 1. The second-order valence-corrected chi connectivity index (χ2v) is 7.74. The molecule has 2 aromatic carbocycles. The van der Waals surface area contributed by atoms with Gasteiger partial charge in [-0.25, -0.2) is 4.39 Å². The number of aliphatic carboxylic acids is 1. The minimum Gasteiger partial charge on any atom is -0.508 e. The Kier molecular flexibility index (Phi) is 5.44. The van der Waals surface area contributed by atoms with E-state index in [4.69, 9.17) is 0 Å². The van der Waals surface area contributed by atoms with E-state index in [9.17, 15) is 24.2 Å². The maximum atomic E-state index is 13.9. The zero-order valence-electron chi connectivity index (χ0n) is 16.4. The third-order valence-electron chi connectivity index (χ3n) is 5.66. The average Bonchev–Trinajstić information content (AvgIpc) is 2.99. The molecule has 3 N–H and O–H groups in total. The topological polar surface area (TPSA) is 91.6 Å². The SMILES string of the molecule is O=C(O)Cn1c2c(c3cc(F)ccc31)C[C@@H](NC(=O)CCc1ccc(O)cc1)CC2. The minimum atomic E-state index is -0.941. The van der Waals surface area contributed by atoms with E-state index in [1.165, 1.54) is 12.1 Å². The molecule has 0 fully saturated rings. The van der Waals surface area contributed by atoms with Gasteiger partial charge >= 0.3 is 5.97 Å². The van der Waals surface area contributed by atoms with Gasteiger partial charge in [0.15, 0.2) is 0 Å². The van der Waals surface area contributed by atoms with Crippen molar-refractivity contribution < 1.29 is 24.2 Å². The fourth-order valence-corrected chi connectivity index (χ4v) is 4.28. The van der Waals surface area contributed by atoms with E-state index < -0.39 is 5.97 Å². The fourth-order valence-electron chi connectivity index (χ4n) is 4.28. The first kappa shape index (κ1) is 19.9. The Morgan fingerprint density at radius 1 is 1.17 bits per heavy atom. The molecule has 156 valence electrons. The lowest BCUT2D eigenvalue weighted by atomic mass is 9.91. The summed E-state index contributed by atoms with van der Waals surface area (Å²) in [5.74, 6) is -1.17. The molecule has 0 spiro atoms. The van der Waals surface area contributed by atoms with Crippen LogP contribution in [0.15, 0.2) is 42.5 Å². The number of nitrogens with one attached hydrogen (secondary N) is 1. The van der Waals surface area contributed by atoms with Crippen molar-refractivity contribution in [3.63, 3.8) is 0 Å². The second kappa shape index (κ2) is 8.18. The summed E-state index contributed by atoms with van der Waals surface area (Å²) < 4.78 is 15.6. The molecule has 0 bridgehead atoms. The van der Waals surface area contributed by atoms with Crippen molar-refractivity contribution in [2.24, 2.45) is 0 Å². The van der Waals surface area contributed by atoms with Crippen molar-refractivity contribution in [3.05, 3.63) is 65.1 Å². The van der Waals surface area contributed by atoms with Gasteiger partial charge in [-0.3, -0.25) is 9.59 Å². The predicted octanol–water partition coefficient (Wildman–Crippen LogP) is 3.18. The number of halogens is 1. The number of carbonyl (C=O) groups excluding carboxylic acids is 1. The number of fused-ring (bicyclic) bond motifs is 3.